The van der Waals surface area contributed by atoms with E-state index >= 15 is 0 Å². The van der Waals surface area contributed by atoms with Crippen LogP contribution in [0.15, 0.2) is 67.3 Å². The average molecular weight is 585 g/mol. The van der Waals surface area contributed by atoms with Crippen molar-refractivity contribution in [1.29, 1.82) is 0 Å². The van der Waals surface area contributed by atoms with Crippen LogP contribution in [0.1, 0.15) is 16.7 Å². The van der Waals surface area contributed by atoms with Crippen molar-refractivity contribution in [1.82, 2.24) is 9.97 Å². The molecule has 3 nitrogen and oxygen atoms in total. The zero-order chi connectivity index (χ0) is 17.6. The Morgan fingerprint density at radius 2 is 1.42 bits per heavy atom. The minimum atomic E-state index is -1.45. The monoisotopic (exact) mass is 584 g/mol. The third kappa shape index (κ3) is 4.19. The molecule has 0 saturated heterocycles. The van der Waals surface area contributed by atoms with Crippen LogP contribution in [0.25, 0.3) is 0 Å². The van der Waals surface area contributed by atoms with Gasteiger partial charge in [0.05, 0.1) is 0 Å². The van der Waals surface area contributed by atoms with Crippen LogP contribution in [0.5, 0.6) is 0 Å². The summed E-state index contributed by atoms with van der Waals surface area (Å²) < 4.78 is 0. The van der Waals surface area contributed by atoms with Crippen molar-refractivity contribution in [3.63, 3.8) is 0 Å². The summed E-state index contributed by atoms with van der Waals surface area (Å²) >= 11 is 16.5. The fourth-order valence-electron chi connectivity index (χ4n) is 2.41. The molecule has 3 rings (SSSR count). The van der Waals surface area contributed by atoms with Crippen LogP contribution >= 0.6 is 60.4 Å². The standard InChI is InChI=1S/C17H12Cl2N2O.I2/c18-14-7-5-12(6-8-14)17(22,13-9-20-11-21-10-13)15-3-1-2-4-16(15)19;1-2/h1-11,22H;. The predicted octanol–water partition coefficient (Wildman–Crippen LogP) is 5.84. The van der Waals surface area contributed by atoms with Gasteiger partial charge in [0.2, 0.25) is 0 Å². The van der Waals surface area contributed by atoms with Crippen molar-refractivity contribution < 1.29 is 5.11 Å². The van der Waals surface area contributed by atoms with Gasteiger partial charge in [-0.2, -0.15) is 0 Å². The first-order valence-electron chi connectivity index (χ1n) is 6.75. The molecule has 0 aliphatic rings. The first-order valence-corrected chi connectivity index (χ1v) is 13.8. The third-order valence-corrected chi connectivity index (χ3v) is 4.09. The Hall–Kier alpha value is -0.480. The zero-order valence-corrected chi connectivity index (χ0v) is 18.0. The molecule has 0 aliphatic heterocycles. The molecule has 0 fully saturated rings. The van der Waals surface area contributed by atoms with Crippen LogP contribution in [0, 0.1) is 0 Å². The van der Waals surface area contributed by atoms with Gasteiger partial charge in [-0.15, -0.1) is 0 Å². The third-order valence-electron chi connectivity index (χ3n) is 3.50. The van der Waals surface area contributed by atoms with Gasteiger partial charge in [0.15, 0.2) is 0 Å². The minimum absolute atomic E-state index is 0.462. The second-order valence-electron chi connectivity index (χ2n) is 4.82. The quantitative estimate of drug-likeness (QED) is 0.394. The molecule has 1 atom stereocenters. The van der Waals surface area contributed by atoms with Gasteiger partial charge < -0.3 is 5.11 Å². The lowest BCUT2D eigenvalue weighted by molar-refractivity contribution is 0.125. The fourth-order valence-corrected chi connectivity index (χ4v) is 2.81. The lowest BCUT2D eigenvalue weighted by Gasteiger charge is -2.30. The maximum Gasteiger partial charge on any atom is 0.144 e. The van der Waals surface area contributed by atoms with Crippen molar-refractivity contribution in [2.75, 3.05) is 0 Å². The second-order valence-corrected chi connectivity index (χ2v) is 5.67. The molecule has 3 aromatic rings. The van der Waals surface area contributed by atoms with Gasteiger partial charge in [-0.1, -0.05) is 53.5 Å². The molecule has 0 amide bonds. The molecule has 1 unspecified atom stereocenters. The molecule has 24 heavy (non-hydrogen) atoms. The maximum atomic E-state index is 11.5. The van der Waals surface area contributed by atoms with E-state index in [0.29, 0.717) is 26.7 Å². The van der Waals surface area contributed by atoms with Gasteiger partial charge in [0, 0.05) is 70.8 Å². The largest absolute Gasteiger partial charge is 0.376 e. The maximum absolute atomic E-state index is 11.5. The van der Waals surface area contributed by atoms with E-state index < -0.39 is 5.60 Å². The van der Waals surface area contributed by atoms with E-state index in [1.54, 1.807) is 48.8 Å². The summed E-state index contributed by atoms with van der Waals surface area (Å²) in [6, 6.07) is 14.1. The predicted molar refractivity (Wildman–Crippen MR) is 115 cm³/mol. The molecular formula is C17H12Cl2I2N2O. The number of halogens is 4. The molecule has 1 heterocycles. The lowest BCUT2D eigenvalue weighted by atomic mass is 9.81. The number of aromatic nitrogens is 2. The van der Waals surface area contributed by atoms with Crippen LogP contribution in [-0.2, 0) is 5.60 Å². The number of hydrogen-bond acceptors (Lipinski definition) is 3. The van der Waals surface area contributed by atoms with Crippen molar-refractivity contribution in [3.05, 3.63) is 94.0 Å². The van der Waals surface area contributed by atoms with Gasteiger partial charge in [0.1, 0.15) is 11.9 Å². The topological polar surface area (TPSA) is 46.0 Å². The highest BCUT2D eigenvalue weighted by Gasteiger charge is 2.36. The Labute approximate surface area is 173 Å². The minimum Gasteiger partial charge on any atom is -0.376 e. The zero-order valence-electron chi connectivity index (χ0n) is 12.2. The number of nitrogens with zero attached hydrogens (tertiary/aromatic N) is 2. The normalized spacial score (nSPS) is 12.7. The molecule has 0 aliphatic carbocycles. The van der Waals surface area contributed by atoms with Gasteiger partial charge in [-0.3, -0.25) is 0 Å². The highest BCUT2D eigenvalue weighted by atomic mass is 128. The Balaban J connectivity index is 0.00000100. The molecule has 0 spiro atoms. The van der Waals surface area contributed by atoms with E-state index in [-0.39, 0.29) is 0 Å². The molecule has 124 valence electrons. The molecular weight excluding hydrogens is 573 g/mol. The lowest BCUT2D eigenvalue weighted by Crippen LogP contribution is -2.29. The molecule has 0 bridgehead atoms. The van der Waals surface area contributed by atoms with E-state index in [0.717, 1.165) is 0 Å². The smallest absolute Gasteiger partial charge is 0.144 e. The summed E-state index contributed by atoms with van der Waals surface area (Å²) in [4.78, 5) is 8.02. The highest BCUT2D eigenvalue weighted by Crippen LogP contribution is 2.39. The summed E-state index contributed by atoms with van der Waals surface area (Å²) in [6.07, 6.45) is 4.56. The number of rotatable bonds is 3. The van der Waals surface area contributed by atoms with Crippen molar-refractivity contribution >= 4 is 60.4 Å². The van der Waals surface area contributed by atoms with Crippen LogP contribution in [-0.4, -0.2) is 15.1 Å². The summed E-state index contributed by atoms with van der Waals surface area (Å²) in [5.74, 6) is 0. The van der Waals surface area contributed by atoms with Crippen molar-refractivity contribution in [2.45, 2.75) is 5.60 Å². The van der Waals surface area contributed by atoms with Gasteiger partial charge in [-0.05, 0) is 23.8 Å². The summed E-state index contributed by atoms with van der Waals surface area (Å²) in [5, 5.41) is 12.5. The van der Waals surface area contributed by atoms with Crippen LogP contribution in [0.4, 0.5) is 0 Å². The molecule has 1 N–H and O–H groups in total. The molecule has 7 heteroatoms. The van der Waals surface area contributed by atoms with Crippen LogP contribution in [0.3, 0.4) is 0 Å². The van der Waals surface area contributed by atoms with E-state index in [2.05, 4.69) is 47.2 Å². The van der Waals surface area contributed by atoms with Crippen molar-refractivity contribution in [3.8, 4) is 0 Å². The van der Waals surface area contributed by atoms with Gasteiger partial charge in [-0.25, -0.2) is 9.97 Å². The van der Waals surface area contributed by atoms with Gasteiger partial charge in [0.25, 0.3) is 0 Å². The Kier molecular flexibility index (Phi) is 7.67. The summed E-state index contributed by atoms with van der Waals surface area (Å²) in [5.41, 5.74) is 0.281. The molecule has 0 saturated carbocycles. The fraction of sp³-hybridized carbons (Fsp3) is 0.0588. The Bertz CT molecular complexity index is 788. The summed E-state index contributed by atoms with van der Waals surface area (Å²) in [7, 11) is 0. The van der Waals surface area contributed by atoms with E-state index in [1.165, 1.54) is 6.33 Å². The first-order chi connectivity index (χ1) is 11.6. The van der Waals surface area contributed by atoms with Crippen molar-refractivity contribution in [2.24, 2.45) is 0 Å². The summed E-state index contributed by atoms with van der Waals surface area (Å²) in [6.45, 7) is 0. The molecule has 1 aromatic heterocycles. The van der Waals surface area contributed by atoms with Gasteiger partial charge >= 0.3 is 0 Å². The van der Waals surface area contributed by atoms with Crippen LogP contribution < -0.4 is 0 Å². The molecule has 2 aromatic carbocycles. The Morgan fingerprint density at radius 1 is 0.833 bits per heavy atom. The average Bonchev–Trinajstić information content (AvgIpc) is 2.64. The molecule has 0 radical (unpaired) electrons. The second kappa shape index (κ2) is 9.28. The van der Waals surface area contributed by atoms with E-state index in [9.17, 15) is 5.11 Å². The Morgan fingerprint density at radius 3 is 2.00 bits per heavy atom. The van der Waals surface area contributed by atoms with E-state index in [1.807, 2.05) is 12.1 Å². The number of aliphatic hydroxyl groups is 1. The number of hydrogen-bond donors (Lipinski definition) is 1. The van der Waals surface area contributed by atoms with E-state index in [4.69, 9.17) is 23.2 Å². The number of benzene rings is 2. The highest BCUT2D eigenvalue weighted by molar-refractivity contribution is 15.0. The SMILES string of the molecule is II.OC(c1ccc(Cl)cc1)(c1cncnc1)c1ccccc1Cl. The van der Waals surface area contributed by atoms with Crippen LogP contribution in [0.2, 0.25) is 10.0 Å². The first kappa shape index (κ1) is 19.8.